The van der Waals surface area contributed by atoms with Crippen LogP contribution < -0.4 is 9.47 Å². The van der Waals surface area contributed by atoms with E-state index in [0.29, 0.717) is 37.5 Å². The number of hydrogen-bond donors (Lipinski definition) is 1. The summed E-state index contributed by atoms with van der Waals surface area (Å²) >= 11 is 0. The first-order chi connectivity index (χ1) is 16.6. The van der Waals surface area contributed by atoms with Crippen LogP contribution in [0.15, 0.2) is 42.5 Å². The molecule has 0 bridgehead atoms. The first-order valence-corrected chi connectivity index (χ1v) is 11.5. The normalized spacial score (nSPS) is 19.9. The number of para-hydroxylation sites is 1. The summed E-state index contributed by atoms with van der Waals surface area (Å²) in [5.41, 5.74) is 3.88. The van der Waals surface area contributed by atoms with Crippen molar-refractivity contribution in [3.8, 4) is 11.5 Å². The molecule has 2 atom stereocenters. The summed E-state index contributed by atoms with van der Waals surface area (Å²) in [6.07, 6.45) is 1.17. The number of nitrogens with one attached hydrogen (secondary N) is 1. The van der Waals surface area contributed by atoms with Crippen molar-refractivity contribution in [3.63, 3.8) is 0 Å². The molecule has 1 aromatic heterocycles. The molecular weight excluding hydrogens is 434 g/mol. The number of hydrogen-bond acceptors (Lipinski definition) is 5. The molecule has 1 saturated heterocycles. The van der Waals surface area contributed by atoms with Crippen LogP contribution >= 0.6 is 0 Å². The molecule has 178 valence electrons. The van der Waals surface area contributed by atoms with Crippen LogP contribution in [0.25, 0.3) is 10.9 Å². The van der Waals surface area contributed by atoms with Crippen molar-refractivity contribution < 1.29 is 23.8 Å². The molecule has 2 amide bonds. The third-order valence-corrected chi connectivity index (χ3v) is 6.84. The SMILES string of the molecule is COCCCN1CC(=O)N2C(c3ccc(OC)c(OC)c3)c3[nH]c4ccccc4c3C[C@H]2C1=O. The van der Waals surface area contributed by atoms with Gasteiger partial charge in [-0.2, -0.15) is 0 Å². The highest BCUT2D eigenvalue weighted by Gasteiger charge is 2.48. The fourth-order valence-corrected chi connectivity index (χ4v) is 5.28. The summed E-state index contributed by atoms with van der Waals surface area (Å²) in [6.45, 7) is 1.12. The molecule has 8 nitrogen and oxygen atoms in total. The Bertz CT molecular complexity index is 1240. The molecule has 2 aliphatic heterocycles. The summed E-state index contributed by atoms with van der Waals surface area (Å²) < 4.78 is 16.1. The Morgan fingerprint density at radius 1 is 1.03 bits per heavy atom. The number of ether oxygens (including phenoxy) is 3. The van der Waals surface area contributed by atoms with Crippen LogP contribution in [-0.2, 0) is 20.7 Å². The van der Waals surface area contributed by atoms with Gasteiger partial charge in [-0.25, -0.2) is 0 Å². The van der Waals surface area contributed by atoms with Crippen molar-refractivity contribution in [2.75, 3.05) is 41.0 Å². The average Bonchev–Trinajstić information content (AvgIpc) is 3.23. The van der Waals surface area contributed by atoms with Gasteiger partial charge in [0.2, 0.25) is 11.8 Å². The number of rotatable bonds is 7. The molecule has 0 saturated carbocycles. The average molecular weight is 464 g/mol. The minimum atomic E-state index is -0.561. The van der Waals surface area contributed by atoms with Gasteiger partial charge in [0.05, 0.1) is 26.8 Å². The summed E-state index contributed by atoms with van der Waals surface area (Å²) in [5, 5.41) is 1.08. The number of piperazine rings is 1. The molecule has 1 fully saturated rings. The number of amides is 2. The number of aromatic nitrogens is 1. The Labute approximate surface area is 198 Å². The van der Waals surface area contributed by atoms with Crippen LogP contribution in [0.2, 0.25) is 0 Å². The molecule has 2 aliphatic rings. The molecule has 1 unspecified atom stereocenters. The van der Waals surface area contributed by atoms with Crippen molar-refractivity contribution in [3.05, 3.63) is 59.3 Å². The molecular formula is C26H29N3O5. The van der Waals surface area contributed by atoms with E-state index >= 15 is 0 Å². The lowest BCUT2D eigenvalue weighted by Crippen LogP contribution is -2.63. The summed E-state index contributed by atoms with van der Waals surface area (Å²) in [5.74, 6) is 1.11. The van der Waals surface area contributed by atoms with E-state index in [9.17, 15) is 9.59 Å². The van der Waals surface area contributed by atoms with E-state index in [1.165, 1.54) is 0 Å². The number of fused-ring (bicyclic) bond motifs is 4. The van der Waals surface area contributed by atoms with E-state index in [-0.39, 0.29) is 18.4 Å². The fourth-order valence-electron chi connectivity index (χ4n) is 5.28. The fraction of sp³-hybridized carbons (Fsp3) is 0.385. The third-order valence-electron chi connectivity index (χ3n) is 6.84. The van der Waals surface area contributed by atoms with Gasteiger partial charge in [0.15, 0.2) is 11.5 Å². The zero-order chi connectivity index (χ0) is 23.8. The lowest BCUT2D eigenvalue weighted by molar-refractivity contribution is -0.158. The summed E-state index contributed by atoms with van der Waals surface area (Å²) in [4.78, 5) is 34.1. The van der Waals surface area contributed by atoms with Crippen molar-refractivity contribution in [1.29, 1.82) is 0 Å². The Morgan fingerprint density at radius 3 is 2.59 bits per heavy atom. The maximum atomic E-state index is 13.6. The second-order valence-corrected chi connectivity index (χ2v) is 8.71. The predicted molar refractivity (Wildman–Crippen MR) is 127 cm³/mol. The smallest absolute Gasteiger partial charge is 0.246 e. The van der Waals surface area contributed by atoms with Crippen LogP contribution in [0.5, 0.6) is 11.5 Å². The minimum absolute atomic E-state index is 0.0166. The molecule has 5 rings (SSSR count). The Balaban J connectivity index is 1.63. The number of aromatic amines is 1. The zero-order valence-electron chi connectivity index (χ0n) is 19.7. The zero-order valence-corrected chi connectivity index (χ0v) is 19.7. The monoisotopic (exact) mass is 463 g/mol. The van der Waals surface area contributed by atoms with E-state index in [2.05, 4.69) is 11.1 Å². The van der Waals surface area contributed by atoms with Crippen LogP contribution in [0.3, 0.4) is 0 Å². The van der Waals surface area contributed by atoms with Gasteiger partial charge in [-0.05, 0) is 35.7 Å². The van der Waals surface area contributed by atoms with E-state index in [1.807, 2.05) is 36.4 Å². The number of benzene rings is 2. The highest BCUT2D eigenvalue weighted by atomic mass is 16.5. The lowest BCUT2D eigenvalue weighted by Gasteiger charge is -2.47. The van der Waals surface area contributed by atoms with Crippen LogP contribution in [0.1, 0.15) is 29.3 Å². The second kappa shape index (κ2) is 9.02. The number of methoxy groups -OCH3 is 3. The van der Waals surface area contributed by atoms with Crippen LogP contribution in [-0.4, -0.2) is 73.7 Å². The van der Waals surface area contributed by atoms with E-state index in [0.717, 1.165) is 27.7 Å². The number of carbonyl (C=O) groups is 2. The Morgan fingerprint density at radius 2 is 1.82 bits per heavy atom. The molecule has 0 radical (unpaired) electrons. The molecule has 8 heteroatoms. The van der Waals surface area contributed by atoms with Gasteiger partial charge < -0.3 is 29.0 Å². The standard InChI is InChI=1S/C26H29N3O5/c1-32-12-6-11-28-15-23(30)29-20(26(28)31)14-18-17-7-4-5-8-19(17)27-24(18)25(29)16-9-10-21(33-2)22(13-16)34-3/h4-5,7-10,13,20,25,27H,6,11-12,14-15H2,1-3H3/t20-,25?/m0/s1. The highest BCUT2D eigenvalue weighted by Crippen LogP contribution is 2.44. The van der Waals surface area contributed by atoms with Gasteiger partial charge >= 0.3 is 0 Å². The Hall–Kier alpha value is -3.52. The number of carbonyl (C=O) groups excluding carboxylic acids is 2. The van der Waals surface area contributed by atoms with Crippen molar-refractivity contribution in [2.24, 2.45) is 0 Å². The van der Waals surface area contributed by atoms with Gasteiger partial charge in [0, 0.05) is 43.3 Å². The topological polar surface area (TPSA) is 84.1 Å². The van der Waals surface area contributed by atoms with Gasteiger partial charge in [-0.3, -0.25) is 9.59 Å². The van der Waals surface area contributed by atoms with Crippen molar-refractivity contribution in [1.82, 2.24) is 14.8 Å². The third kappa shape index (κ3) is 3.58. The minimum Gasteiger partial charge on any atom is -0.493 e. The second-order valence-electron chi connectivity index (χ2n) is 8.71. The van der Waals surface area contributed by atoms with Crippen molar-refractivity contribution >= 4 is 22.7 Å². The van der Waals surface area contributed by atoms with E-state index < -0.39 is 12.1 Å². The Kier molecular flexibility index (Phi) is 5.91. The first-order valence-electron chi connectivity index (χ1n) is 11.5. The number of H-pyrrole nitrogens is 1. The number of nitrogens with zero attached hydrogens (tertiary/aromatic N) is 2. The van der Waals surface area contributed by atoms with Gasteiger partial charge in [-0.1, -0.05) is 24.3 Å². The summed E-state index contributed by atoms with van der Waals surface area (Å²) in [6, 6.07) is 12.8. The quantitative estimate of drug-likeness (QED) is 0.545. The molecule has 3 heterocycles. The molecule has 3 aromatic rings. The molecule has 0 aliphatic carbocycles. The lowest BCUT2D eigenvalue weighted by atomic mass is 9.86. The largest absolute Gasteiger partial charge is 0.493 e. The predicted octanol–water partition coefficient (Wildman–Crippen LogP) is 2.91. The van der Waals surface area contributed by atoms with Crippen LogP contribution in [0, 0.1) is 0 Å². The molecule has 0 spiro atoms. The highest BCUT2D eigenvalue weighted by molar-refractivity contribution is 5.97. The molecule has 2 aromatic carbocycles. The van der Waals surface area contributed by atoms with Crippen molar-refractivity contribution in [2.45, 2.75) is 24.9 Å². The molecule has 34 heavy (non-hydrogen) atoms. The maximum absolute atomic E-state index is 13.6. The van der Waals surface area contributed by atoms with Gasteiger partial charge in [0.1, 0.15) is 6.04 Å². The van der Waals surface area contributed by atoms with E-state index in [4.69, 9.17) is 14.2 Å². The molecule has 1 N–H and O–H groups in total. The van der Waals surface area contributed by atoms with Crippen LogP contribution in [0.4, 0.5) is 0 Å². The van der Waals surface area contributed by atoms with Gasteiger partial charge in [0.25, 0.3) is 0 Å². The van der Waals surface area contributed by atoms with E-state index in [1.54, 1.807) is 31.1 Å². The first kappa shape index (κ1) is 22.3. The maximum Gasteiger partial charge on any atom is 0.246 e. The summed E-state index contributed by atoms with van der Waals surface area (Å²) in [7, 11) is 4.82. The van der Waals surface area contributed by atoms with Gasteiger partial charge in [-0.15, -0.1) is 0 Å².